The number of ether oxygens (including phenoxy) is 2. The molecule has 1 aliphatic heterocycles. The Balaban J connectivity index is 1.62. The van der Waals surface area contributed by atoms with Crippen LogP contribution in [-0.4, -0.2) is 50.1 Å². The number of likely N-dealkylation sites (tertiary alicyclic amines) is 1. The highest BCUT2D eigenvalue weighted by Gasteiger charge is 2.27. The number of halogens is 2. The van der Waals surface area contributed by atoms with Gasteiger partial charge in [0.25, 0.3) is 11.8 Å². The first-order valence-electron chi connectivity index (χ1n) is 9.20. The molecule has 0 unspecified atom stereocenters. The van der Waals surface area contributed by atoms with Crippen molar-refractivity contribution in [2.24, 2.45) is 0 Å². The van der Waals surface area contributed by atoms with Crippen molar-refractivity contribution in [3.05, 3.63) is 57.6 Å². The van der Waals surface area contributed by atoms with Crippen LogP contribution in [-0.2, 0) is 0 Å². The lowest BCUT2D eigenvalue weighted by atomic mass is 10.0. The molecule has 6 nitrogen and oxygen atoms in total. The van der Waals surface area contributed by atoms with Gasteiger partial charge in [-0.3, -0.25) is 9.59 Å². The maximum absolute atomic E-state index is 12.8. The molecule has 0 radical (unpaired) electrons. The van der Waals surface area contributed by atoms with Gasteiger partial charge in [-0.2, -0.15) is 0 Å². The minimum Gasteiger partial charge on any atom is -0.496 e. The summed E-state index contributed by atoms with van der Waals surface area (Å²) in [5, 5.41) is 3.79. The number of hydrogen-bond acceptors (Lipinski definition) is 4. The lowest BCUT2D eigenvalue weighted by Gasteiger charge is -2.32. The second-order valence-corrected chi connectivity index (χ2v) is 7.52. The van der Waals surface area contributed by atoms with Crippen molar-refractivity contribution in [2.45, 2.75) is 18.9 Å². The van der Waals surface area contributed by atoms with E-state index in [0.29, 0.717) is 58.6 Å². The van der Waals surface area contributed by atoms with Crippen LogP contribution in [0, 0.1) is 0 Å². The standard InChI is InChI=1S/C21H22Cl2N2O4/c1-28-17-4-3-5-18(29-2)19(17)20(26)24-14-8-10-25(11-9-14)21(27)13-6-7-15(22)16(23)12-13/h3-7,12,14H,8-11H2,1-2H3,(H,24,26). The van der Waals surface area contributed by atoms with Gasteiger partial charge in [0.1, 0.15) is 17.1 Å². The SMILES string of the molecule is COc1cccc(OC)c1C(=O)NC1CCN(C(=O)c2ccc(Cl)c(Cl)c2)CC1. The Hall–Kier alpha value is -2.44. The van der Waals surface area contributed by atoms with Gasteiger partial charge in [0.2, 0.25) is 0 Å². The van der Waals surface area contributed by atoms with Crippen molar-refractivity contribution in [3.63, 3.8) is 0 Å². The molecule has 1 fully saturated rings. The summed E-state index contributed by atoms with van der Waals surface area (Å²) in [6.07, 6.45) is 1.30. The van der Waals surface area contributed by atoms with E-state index in [1.807, 2.05) is 0 Å². The van der Waals surface area contributed by atoms with Gasteiger partial charge in [-0.1, -0.05) is 29.3 Å². The van der Waals surface area contributed by atoms with Gasteiger partial charge in [-0.25, -0.2) is 0 Å². The Bertz CT molecular complexity index is 889. The molecule has 29 heavy (non-hydrogen) atoms. The molecule has 1 heterocycles. The van der Waals surface area contributed by atoms with Crippen LogP contribution in [0.1, 0.15) is 33.6 Å². The topological polar surface area (TPSA) is 67.9 Å². The van der Waals surface area contributed by atoms with E-state index in [9.17, 15) is 9.59 Å². The van der Waals surface area contributed by atoms with Gasteiger partial charge in [-0.05, 0) is 43.2 Å². The van der Waals surface area contributed by atoms with E-state index < -0.39 is 0 Å². The number of carbonyl (C=O) groups excluding carboxylic acids is 2. The van der Waals surface area contributed by atoms with Crippen LogP contribution in [0.4, 0.5) is 0 Å². The number of piperidine rings is 1. The fourth-order valence-electron chi connectivity index (χ4n) is 3.37. The maximum atomic E-state index is 12.8. The van der Waals surface area contributed by atoms with Crippen LogP contribution >= 0.6 is 23.2 Å². The molecule has 2 amide bonds. The number of nitrogens with one attached hydrogen (secondary N) is 1. The highest BCUT2D eigenvalue weighted by atomic mass is 35.5. The molecule has 0 bridgehead atoms. The number of carbonyl (C=O) groups is 2. The average Bonchev–Trinajstić information content (AvgIpc) is 2.75. The molecular weight excluding hydrogens is 415 g/mol. The maximum Gasteiger partial charge on any atom is 0.259 e. The Morgan fingerprint density at radius 3 is 2.17 bits per heavy atom. The van der Waals surface area contributed by atoms with E-state index in [2.05, 4.69) is 5.32 Å². The van der Waals surface area contributed by atoms with Gasteiger partial charge in [0.15, 0.2) is 0 Å². The number of amides is 2. The third-order valence-electron chi connectivity index (χ3n) is 4.94. The molecule has 2 aromatic rings. The minimum atomic E-state index is -0.256. The lowest BCUT2D eigenvalue weighted by molar-refractivity contribution is 0.0698. The van der Waals surface area contributed by atoms with Gasteiger partial charge < -0.3 is 19.7 Å². The molecule has 8 heteroatoms. The largest absolute Gasteiger partial charge is 0.496 e. The summed E-state index contributed by atoms with van der Waals surface area (Å²) in [5.74, 6) is 0.552. The zero-order valence-corrected chi connectivity index (χ0v) is 17.7. The molecule has 154 valence electrons. The third kappa shape index (κ3) is 4.77. The first-order chi connectivity index (χ1) is 13.9. The number of methoxy groups -OCH3 is 2. The van der Waals surface area contributed by atoms with Gasteiger partial charge in [0.05, 0.1) is 24.3 Å². The van der Waals surface area contributed by atoms with E-state index in [4.69, 9.17) is 32.7 Å². The normalized spacial score (nSPS) is 14.4. The number of hydrogen-bond donors (Lipinski definition) is 1. The lowest BCUT2D eigenvalue weighted by Crippen LogP contribution is -2.46. The zero-order chi connectivity index (χ0) is 21.0. The van der Waals surface area contributed by atoms with Crippen LogP contribution < -0.4 is 14.8 Å². The van der Waals surface area contributed by atoms with Gasteiger partial charge in [0, 0.05) is 24.7 Å². The van der Waals surface area contributed by atoms with E-state index in [0.717, 1.165) is 0 Å². The van der Waals surface area contributed by atoms with Crippen LogP contribution in [0.3, 0.4) is 0 Å². The van der Waals surface area contributed by atoms with Gasteiger partial charge >= 0.3 is 0 Å². The second kappa shape index (κ2) is 9.37. The Morgan fingerprint density at radius 1 is 1.00 bits per heavy atom. The van der Waals surface area contributed by atoms with Crippen molar-refractivity contribution in [1.29, 1.82) is 0 Å². The predicted molar refractivity (Wildman–Crippen MR) is 112 cm³/mol. The summed E-state index contributed by atoms with van der Waals surface area (Å²) in [6, 6.07) is 10.0. The fraction of sp³-hybridized carbons (Fsp3) is 0.333. The monoisotopic (exact) mass is 436 g/mol. The second-order valence-electron chi connectivity index (χ2n) is 6.71. The molecule has 3 rings (SSSR count). The fourth-order valence-corrected chi connectivity index (χ4v) is 3.67. The molecule has 0 aliphatic carbocycles. The summed E-state index contributed by atoms with van der Waals surface area (Å²) in [4.78, 5) is 27.2. The quantitative estimate of drug-likeness (QED) is 0.767. The zero-order valence-electron chi connectivity index (χ0n) is 16.2. The molecule has 1 aliphatic rings. The smallest absolute Gasteiger partial charge is 0.259 e. The predicted octanol–water partition coefficient (Wildman–Crippen LogP) is 4.05. The molecule has 0 atom stereocenters. The van der Waals surface area contributed by atoms with Crippen LogP contribution in [0.15, 0.2) is 36.4 Å². The summed E-state index contributed by atoms with van der Waals surface area (Å²) in [5.41, 5.74) is 0.868. The Labute approximate surface area is 179 Å². The minimum absolute atomic E-state index is 0.0463. The van der Waals surface area contributed by atoms with Crippen molar-refractivity contribution >= 4 is 35.0 Å². The first-order valence-corrected chi connectivity index (χ1v) is 9.96. The number of benzene rings is 2. The average molecular weight is 437 g/mol. The molecule has 0 spiro atoms. The van der Waals surface area contributed by atoms with Gasteiger partial charge in [-0.15, -0.1) is 0 Å². The van der Waals surface area contributed by atoms with Crippen molar-refractivity contribution in [1.82, 2.24) is 10.2 Å². The van der Waals surface area contributed by atoms with E-state index in [1.165, 1.54) is 14.2 Å². The van der Waals surface area contributed by atoms with Crippen LogP contribution in [0.5, 0.6) is 11.5 Å². The Kier molecular flexibility index (Phi) is 6.87. The van der Waals surface area contributed by atoms with E-state index >= 15 is 0 Å². The highest BCUT2D eigenvalue weighted by Crippen LogP contribution is 2.29. The first kappa shape index (κ1) is 21.3. The molecule has 1 saturated heterocycles. The summed E-state index contributed by atoms with van der Waals surface area (Å²) >= 11 is 11.9. The van der Waals surface area contributed by atoms with E-state index in [-0.39, 0.29) is 17.9 Å². The molecule has 2 aromatic carbocycles. The molecular formula is C21H22Cl2N2O4. The van der Waals surface area contributed by atoms with Crippen LogP contribution in [0.25, 0.3) is 0 Å². The molecule has 0 saturated carbocycles. The van der Waals surface area contributed by atoms with Crippen molar-refractivity contribution in [2.75, 3.05) is 27.3 Å². The Morgan fingerprint density at radius 2 is 1.62 bits per heavy atom. The summed E-state index contributed by atoms with van der Waals surface area (Å²) < 4.78 is 10.6. The third-order valence-corrected chi connectivity index (χ3v) is 5.68. The summed E-state index contributed by atoms with van der Waals surface area (Å²) in [6.45, 7) is 1.07. The van der Waals surface area contributed by atoms with Crippen molar-refractivity contribution < 1.29 is 19.1 Å². The van der Waals surface area contributed by atoms with Crippen molar-refractivity contribution in [3.8, 4) is 11.5 Å². The number of rotatable bonds is 5. The molecule has 0 aromatic heterocycles. The van der Waals surface area contributed by atoms with Crippen LogP contribution in [0.2, 0.25) is 10.0 Å². The number of nitrogens with zero attached hydrogens (tertiary/aromatic N) is 1. The summed E-state index contributed by atoms with van der Waals surface area (Å²) in [7, 11) is 3.03. The molecule has 1 N–H and O–H groups in total. The van der Waals surface area contributed by atoms with E-state index in [1.54, 1.807) is 41.3 Å². The highest BCUT2D eigenvalue weighted by molar-refractivity contribution is 6.42.